The highest BCUT2D eigenvalue weighted by Gasteiger charge is 2.08. The van der Waals surface area contributed by atoms with Crippen molar-refractivity contribution in [1.29, 1.82) is 0 Å². The standard InChI is InChI=1S/C8H12N2O2S/c1-6(11)12-5-2-7(13)8-9-3-4-10-8/h3-4,7,13H,2,5H2,1H3,(H,9,10). The molecular weight excluding hydrogens is 188 g/mol. The Balaban J connectivity index is 2.26. The van der Waals surface area contributed by atoms with E-state index >= 15 is 0 Å². The molecule has 0 aliphatic heterocycles. The molecule has 1 heterocycles. The monoisotopic (exact) mass is 200 g/mol. The van der Waals surface area contributed by atoms with E-state index in [1.54, 1.807) is 12.4 Å². The summed E-state index contributed by atoms with van der Waals surface area (Å²) in [4.78, 5) is 17.4. The lowest BCUT2D eigenvalue weighted by atomic mass is 10.3. The minimum absolute atomic E-state index is 0.00523. The van der Waals surface area contributed by atoms with Gasteiger partial charge in [-0.15, -0.1) is 0 Å². The molecule has 0 aromatic carbocycles. The molecule has 0 fully saturated rings. The molecule has 1 rings (SSSR count). The second-order valence-electron chi connectivity index (χ2n) is 2.62. The van der Waals surface area contributed by atoms with Gasteiger partial charge in [0.2, 0.25) is 0 Å². The first-order valence-corrected chi connectivity index (χ1v) is 4.52. The molecule has 0 bridgehead atoms. The number of H-pyrrole nitrogens is 1. The highest BCUT2D eigenvalue weighted by atomic mass is 32.1. The number of esters is 1. The van der Waals surface area contributed by atoms with E-state index in [0.717, 1.165) is 5.82 Å². The fourth-order valence-corrected chi connectivity index (χ4v) is 1.16. The maximum Gasteiger partial charge on any atom is 0.302 e. The zero-order valence-electron chi connectivity index (χ0n) is 7.36. The molecule has 1 aromatic rings. The van der Waals surface area contributed by atoms with Crippen LogP contribution in [-0.4, -0.2) is 22.5 Å². The Bertz CT molecular complexity index is 261. The number of nitrogens with zero attached hydrogens (tertiary/aromatic N) is 1. The predicted octanol–water partition coefficient (Wildman–Crippen LogP) is 1.33. The van der Waals surface area contributed by atoms with Crippen molar-refractivity contribution in [1.82, 2.24) is 9.97 Å². The number of imidazole rings is 1. The van der Waals surface area contributed by atoms with Gasteiger partial charge in [-0.25, -0.2) is 4.98 Å². The first-order valence-electron chi connectivity index (χ1n) is 4.01. The number of hydrogen-bond acceptors (Lipinski definition) is 4. The van der Waals surface area contributed by atoms with Gasteiger partial charge in [0.05, 0.1) is 11.9 Å². The number of aromatic nitrogens is 2. The molecule has 0 amide bonds. The lowest BCUT2D eigenvalue weighted by Gasteiger charge is -2.06. The van der Waals surface area contributed by atoms with Gasteiger partial charge in [-0.1, -0.05) is 0 Å². The number of ether oxygens (including phenoxy) is 1. The normalized spacial score (nSPS) is 12.5. The molecule has 1 atom stereocenters. The van der Waals surface area contributed by atoms with Crippen LogP contribution in [-0.2, 0) is 9.53 Å². The van der Waals surface area contributed by atoms with E-state index in [2.05, 4.69) is 22.6 Å². The Hall–Kier alpha value is -0.970. The van der Waals surface area contributed by atoms with E-state index in [-0.39, 0.29) is 11.2 Å². The van der Waals surface area contributed by atoms with Crippen LogP contribution in [0.4, 0.5) is 0 Å². The zero-order valence-corrected chi connectivity index (χ0v) is 8.25. The summed E-state index contributed by atoms with van der Waals surface area (Å²) in [5.74, 6) is 0.537. The smallest absolute Gasteiger partial charge is 0.302 e. The van der Waals surface area contributed by atoms with Crippen molar-refractivity contribution < 1.29 is 9.53 Å². The average Bonchev–Trinajstić information content (AvgIpc) is 2.55. The van der Waals surface area contributed by atoms with Crippen LogP contribution in [0.25, 0.3) is 0 Å². The van der Waals surface area contributed by atoms with E-state index in [4.69, 9.17) is 4.74 Å². The molecule has 1 N–H and O–H groups in total. The molecule has 1 unspecified atom stereocenters. The summed E-state index contributed by atoms with van der Waals surface area (Å²) in [6.45, 7) is 1.77. The molecule has 5 heteroatoms. The van der Waals surface area contributed by atoms with Crippen LogP contribution in [0.3, 0.4) is 0 Å². The van der Waals surface area contributed by atoms with Gasteiger partial charge in [-0.3, -0.25) is 4.79 Å². The Kier molecular flexibility index (Phi) is 3.82. The van der Waals surface area contributed by atoms with E-state index in [9.17, 15) is 4.79 Å². The van der Waals surface area contributed by atoms with Crippen LogP contribution in [0, 0.1) is 0 Å². The number of hydrogen-bond donors (Lipinski definition) is 2. The summed E-state index contributed by atoms with van der Waals surface area (Å²) in [5.41, 5.74) is 0. The first kappa shape index (κ1) is 10.1. The summed E-state index contributed by atoms with van der Waals surface area (Å²) in [5, 5.41) is -0.00523. The molecule has 0 saturated carbocycles. The Morgan fingerprint density at radius 2 is 2.62 bits per heavy atom. The van der Waals surface area contributed by atoms with Crippen molar-refractivity contribution in [2.24, 2.45) is 0 Å². The third-order valence-corrected chi connectivity index (χ3v) is 2.03. The summed E-state index contributed by atoms with van der Waals surface area (Å²) < 4.78 is 4.78. The number of thiol groups is 1. The SMILES string of the molecule is CC(=O)OCCC(S)c1ncc[nH]1. The Morgan fingerprint density at radius 1 is 1.85 bits per heavy atom. The van der Waals surface area contributed by atoms with E-state index in [1.165, 1.54) is 6.92 Å². The van der Waals surface area contributed by atoms with Gasteiger partial charge in [0, 0.05) is 25.7 Å². The quantitative estimate of drug-likeness (QED) is 0.569. The number of aromatic amines is 1. The van der Waals surface area contributed by atoms with Gasteiger partial charge >= 0.3 is 5.97 Å². The average molecular weight is 200 g/mol. The van der Waals surface area contributed by atoms with E-state index in [1.807, 2.05) is 0 Å². The van der Waals surface area contributed by atoms with Crippen LogP contribution in [0.1, 0.15) is 24.4 Å². The van der Waals surface area contributed by atoms with Crippen molar-refractivity contribution in [2.45, 2.75) is 18.6 Å². The van der Waals surface area contributed by atoms with Gasteiger partial charge in [0.1, 0.15) is 5.82 Å². The van der Waals surface area contributed by atoms with Crippen LogP contribution in [0.15, 0.2) is 12.4 Å². The summed E-state index contributed by atoms with van der Waals surface area (Å²) in [6, 6.07) is 0. The van der Waals surface area contributed by atoms with Gasteiger partial charge in [0.25, 0.3) is 0 Å². The topological polar surface area (TPSA) is 55.0 Å². The molecule has 0 spiro atoms. The van der Waals surface area contributed by atoms with Gasteiger partial charge in [0.15, 0.2) is 0 Å². The van der Waals surface area contributed by atoms with Crippen molar-refractivity contribution in [3.63, 3.8) is 0 Å². The fraction of sp³-hybridized carbons (Fsp3) is 0.500. The van der Waals surface area contributed by atoms with Gasteiger partial charge < -0.3 is 9.72 Å². The predicted molar refractivity (Wildman–Crippen MR) is 51.6 cm³/mol. The van der Waals surface area contributed by atoms with Crippen molar-refractivity contribution in [3.8, 4) is 0 Å². The van der Waals surface area contributed by atoms with Crippen LogP contribution in [0.2, 0.25) is 0 Å². The minimum Gasteiger partial charge on any atom is -0.466 e. The minimum atomic E-state index is -0.264. The first-order chi connectivity index (χ1) is 6.20. The molecule has 0 aliphatic carbocycles. The number of carbonyl (C=O) groups excluding carboxylic acids is 1. The lowest BCUT2D eigenvalue weighted by molar-refractivity contribution is -0.141. The number of carbonyl (C=O) groups is 1. The maximum absolute atomic E-state index is 10.4. The maximum atomic E-state index is 10.4. The molecule has 72 valence electrons. The molecule has 13 heavy (non-hydrogen) atoms. The molecule has 0 radical (unpaired) electrons. The van der Waals surface area contributed by atoms with Crippen molar-refractivity contribution in [3.05, 3.63) is 18.2 Å². The Labute approximate surface area is 82.1 Å². The fourth-order valence-electron chi connectivity index (χ4n) is 0.911. The van der Waals surface area contributed by atoms with Crippen molar-refractivity contribution in [2.75, 3.05) is 6.61 Å². The second kappa shape index (κ2) is 4.91. The van der Waals surface area contributed by atoms with Crippen LogP contribution in [0.5, 0.6) is 0 Å². The zero-order chi connectivity index (χ0) is 9.68. The highest BCUT2D eigenvalue weighted by Crippen LogP contribution is 2.19. The van der Waals surface area contributed by atoms with E-state index < -0.39 is 0 Å². The molecular formula is C8H12N2O2S. The van der Waals surface area contributed by atoms with E-state index in [0.29, 0.717) is 13.0 Å². The second-order valence-corrected chi connectivity index (χ2v) is 3.24. The highest BCUT2D eigenvalue weighted by molar-refractivity contribution is 7.80. The van der Waals surface area contributed by atoms with Crippen LogP contribution >= 0.6 is 12.6 Å². The molecule has 0 saturated heterocycles. The molecule has 0 aliphatic rings. The lowest BCUT2D eigenvalue weighted by Crippen LogP contribution is -2.04. The number of nitrogens with one attached hydrogen (secondary N) is 1. The van der Waals surface area contributed by atoms with Crippen molar-refractivity contribution >= 4 is 18.6 Å². The number of rotatable bonds is 4. The molecule has 4 nitrogen and oxygen atoms in total. The third-order valence-electron chi connectivity index (χ3n) is 1.53. The summed E-state index contributed by atoms with van der Waals surface area (Å²) in [7, 11) is 0. The largest absolute Gasteiger partial charge is 0.466 e. The Morgan fingerprint density at radius 3 is 3.15 bits per heavy atom. The third kappa shape index (κ3) is 3.50. The summed E-state index contributed by atoms with van der Waals surface area (Å²) >= 11 is 4.30. The van der Waals surface area contributed by atoms with Gasteiger partial charge in [-0.2, -0.15) is 12.6 Å². The van der Waals surface area contributed by atoms with Crippen LogP contribution < -0.4 is 0 Å². The van der Waals surface area contributed by atoms with Gasteiger partial charge in [-0.05, 0) is 0 Å². The summed E-state index contributed by atoms with van der Waals surface area (Å²) in [6.07, 6.45) is 4.07. The molecule has 1 aromatic heterocycles.